The first-order valence-electron chi connectivity index (χ1n) is 7.59. The molecular weight excluding hydrogens is 290 g/mol. The van der Waals surface area contributed by atoms with E-state index in [9.17, 15) is 4.79 Å². The Morgan fingerprint density at radius 2 is 2.04 bits per heavy atom. The minimum atomic E-state index is -0.0505. The van der Waals surface area contributed by atoms with Crippen LogP contribution in [0.25, 0.3) is 11.0 Å². The summed E-state index contributed by atoms with van der Waals surface area (Å²) >= 11 is 0. The molecule has 0 aliphatic carbocycles. The second-order valence-electron chi connectivity index (χ2n) is 5.32. The molecule has 5 heteroatoms. The van der Waals surface area contributed by atoms with E-state index >= 15 is 0 Å². The molecule has 0 bridgehead atoms. The third-order valence-corrected chi connectivity index (χ3v) is 3.62. The van der Waals surface area contributed by atoms with Gasteiger partial charge in [-0.15, -0.1) is 0 Å². The van der Waals surface area contributed by atoms with Crippen molar-refractivity contribution in [3.63, 3.8) is 0 Å². The predicted molar refractivity (Wildman–Crippen MR) is 90.7 cm³/mol. The number of fused-ring (bicyclic) bond motifs is 1. The largest absolute Gasteiger partial charge is 0.494 e. The van der Waals surface area contributed by atoms with E-state index in [4.69, 9.17) is 4.74 Å². The molecule has 0 saturated carbocycles. The number of nitrogens with one attached hydrogen (secondary N) is 1. The maximum absolute atomic E-state index is 12.3. The van der Waals surface area contributed by atoms with E-state index in [0.717, 1.165) is 28.0 Å². The Morgan fingerprint density at radius 1 is 1.26 bits per heavy atom. The number of carbonyl (C=O) groups excluding carboxylic acids is 1. The van der Waals surface area contributed by atoms with Crippen LogP contribution in [-0.2, 0) is 18.3 Å². The number of anilines is 1. The SMILES string of the molecule is CCOc1ccc(NC(=O)Cc2cn(C)c3ncccc23)cc1. The molecule has 2 heterocycles. The number of benzene rings is 1. The molecule has 0 aliphatic rings. The average Bonchev–Trinajstić information content (AvgIpc) is 2.86. The Bertz CT molecular complexity index is 822. The number of nitrogens with zero attached hydrogens (tertiary/aromatic N) is 2. The molecule has 3 aromatic rings. The molecular formula is C18H19N3O2. The lowest BCUT2D eigenvalue weighted by Gasteiger charge is -2.07. The fourth-order valence-electron chi connectivity index (χ4n) is 2.61. The van der Waals surface area contributed by atoms with Crippen molar-refractivity contribution in [2.24, 2.45) is 7.05 Å². The molecule has 2 aromatic heterocycles. The Morgan fingerprint density at radius 3 is 2.78 bits per heavy atom. The molecule has 118 valence electrons. The van der Waals surface area contributed by atoms with Crippen molar-refractivity contribution >= 4 is 22.6 Å². The van der Waals surface area contributed by atoms with Crippen molar-refractivity contribution < 1.29 is 9.53 Å². The second-order valence-corrected chi connectivity index (χ2v) is 5.32. The van der Waals surface area contributed by atoms with Crippen LogP contribution < -0.4 is 10.1 Å². The summed E-state index contributed by atoms with van der Waals surface area (Å²) in [5.41, 5.74) is 2.62. The van der Waals surface area contributed by atoms with E-state index in [1.165, 1.54) is 0 Å². The molecule has 5 nitrogen and oxygen atoms in total. The van der Waals surface area contributed by atoms with Gasteiger partial charge in [-0.2, -0.15) is 0 Å². The number of hydrogen-bond donors (Lipinski definition) is 1. The van der Waals surface area contributed by atoms with Crippen molar-refractivity contribution in [3.8, 4) is 5.75 Å². The zero-order valence-electron chi connectivity index (χ0n) is 13.2. The molecule has 0 radical (unpaired) electrons. The second kappa shape index (κ2) is 6.52. The van der Waals surface area contributed by atoms with Gasteiger partial charge in [0.15, 0.2) is 0 Å². The molecule has 0 aliphatic heterocycles. The van der Waals surface area contributed by atoms with E-state index in [1.807, 2.05) is 61.1 Å². The van der Waals surface area contributed by atoms with Gasteiger partial charge in [0, 0.05) is 30.5 Å². The van der Waals surface area contributed by atoms with E-state index < -0.39 is 0 Å². The lowest BCUT2D eigenvalue weighted by molar-refractivity contribution is -0.115. The van der Waals surface area contributed by atoms with Gasteiger partial charge in [-0.05, 0) is 48.9 Å². The van der Waals surface area contributed by atoms with Crippen LogP contribution in [0.2, 0.25) is 0 Å². The Hall–Kier alpha value is -2.82. The maximum Gasteiger partial charge on any atom is 0.228 e. The first kappa shape index (κ1) is 15.1. The number of aryl methyl sites for hydroxylation is 1. The Balaban J connectivity index is 1.71. The number of ether oxygens (including phenoxy) is 1. The molecule has 23 heavy (non-hydrogen) atoms. The summed E-state index contributed by atoms with van der Waals surface area (Å²) < 4.78 is 7.33. The number of hydrogen-bond acceptors (Lipinski definition) is 3. The average molecular weight is 309 g/mol. The van der Waals surface area contributed by atoms with Gasteiger partial charge in [-0.3, -0.25) is 4.79 Å². The van der Waals surface area contributed by atoms with Gasteiger partial charge in [0.2, 0.25) is 5.91 Å². The molecule has 0 unspecified atom stereocenters. The van der Waals surface area contributed by atoms with Crippen molar-refractivity contribution in [2.75, 3.05) is 11.9 Å². The van der Waals surface area contributed by atoms with Gasteiger partial charge in [-0.25, -0.2) is 4.98 Å². The number of rotatable bonds is 5. The van der Waals surface area contributed by atoms with Gasteiger partial charge in [0.05, 0.1) is 13.0 Å². The minimum absolute atomic E-state index is 0.0505. The number of pyridine rings is 1. The fraction of sp³-hybridized carbons (Fsp3) is 0.222. The van der Waals surface area contributed by atoms with Crippen LogP contribution in [0.4, 0.5) is 5.69 Å². The van der Waals surface area contributed by atoms with Crippen LogP contribution in [0.1, 0.15) is 12.5 Å². The van der Waals surface area contributed by atoms with Gasteiger partial charge in [-0.1, -0.05) is 0 Å². The van der Waals surface area contributed by atoms with Crippen LogP contribution in [0, 0.1) is 0 Å². The number of aromatic nitrogens is 2. The van der Waals surface area contributed by atoms with E-state index in [2.05, 4.69) is 10.3 Å². The number of amides is 1. The Labute approximate surface area is 134 Å². The standard InChI is InChI=1S/C18H19N3O2/c1-3-23-15-8-6-14(7-9-15)20-17(22)11-13-12-21(2)18-16(13)5-4-10-19-18/h4-10,12H,3,11H2,1-2H3,(H,20,22). The lowest BCUT2D eigenvalue weighted by atomic mass is 10.1. The highest BCUT2D eigenvalue weighted by atomic mass is 16.5. The van der Waals surface area contributed by atoms with Gasteiger partial charge in [0.1, 0.15) is 11.4 Å². The van der Waals surface area contributed by atoms with Crippen molar-refractivity contribution in [1.29, 1.82) is 0 Å². The molecule has 0 spiro atoms. The highest BCUT2D eigenvalue weighted by Gasteiger charge is 2.11. The van der Waals surface area contributed by atoms with Gasteiger partial charge in [0.25, 0.3) is 0 Å². The van der Waals surface area contributed by atoms with Crippen molar-refractivity contribution in [1.82, 2.24) is 9.55 Å². The maximum atomic E-state index is 12.3. The van der Waals surface area contributed by atoms with Crippen LogP contribution >= 0.6 is 0 Å². The molecule has 0 fully saturated rings. The highest BCUT2D eigenvalue weighted by molar-refractivity contribution is 5.95. The zero-order chi connectivity index (χ0) is 16.2. The smallest absolute Gasteiger partial charge is 0.228 e. The summed E-state index contributed by atoms with van der Waals surface area (Å²) in [6, 6.07) is 11.3. The topological polar surface area (TPSA) is 56.1 Å². The van der Waals surface area contributed by atoms with Crippen molar-refractivity contribution in [2.45, 2.75) is 13.3 Å². The zero-order valence-corrected chi connectivity index (χ0v) is 13.2. The van der Waals surface area contributed by atoms with Gasteiger partial charge >= 0.3 is 0 Å². The van der Waals surface area contributed by atoms with E-state index in [0.29, 0.717) is 13.0 Å². The molecule has 1 amide bonds. The summed E-state index contributed by atoms with van der Waals surface area (Å²) in [5, 5.41) is 3.92. The monoisotopic (exact) mass is 309 g/mol. The predicted octanol–water partition coefficient (Wildman–Crippen LogP) is 3.15. The van der Waals surface area contributed by atoms with Crippen LogP contribution in [0.15, 0.2) is 48.8 Å². The summed E-state index contributed by atoms with van der Waals surface area (Å²) in [6.45, 7) is 2.57. The quantitative estimate of drug-likeness (QED) is 0.787. The third kappa shape index (κ3) is 3.34. The summed E-state index contributed by atoms with van der Waals surface area (Å²) in [5.74, 6) is 0.746. The van der Waals surface area contributed by atoms with Crippen LogP contribution in [-0.4, -0.2) is 22.1 Å². The van der Waals surface area contributed by atoms with Crippen LogP contribution in [0.3, 0.4) is 0 Å². The van der Waals surface area contributed by atoms with E-state index in [1.54, 1.807) is 6.20 Å². The summed E-state index contributed by atoms with van der Waals surface area (Å²) in [4.78, 5) is 16.6. The molecule has 0 saturated heterocycles. The molecule has 3 rings (SSSR count). The molecule has 1 N–H and O–H groups in total. The first-order valence-corrected chi connectivity index (χ1v) is 7.59. The fourth-order valence-corrected chi connectivity index (χ4v) is 2.61. The lowest BCUT2D eigenvalue weighted by Crippen LogP contribution is -2.14. The first-order chi connectivity index (χ1) is 11.2. The minimum Gasteiger partial charge on any atom is -0.494 e. The molecule has 1 aromatic carbocycles. The van der Waals surface area contributed by atoms with E-state index in [-0.39, 0.29) is 5.91 Å². The van der Waals surface area contributed by atoms with Gasteiger partial charge < -0.3 is 14.6 Å². The molecule has 0 atom stereocenters. The van der Waals surface area contributed by atoms with Crippen molar-refractivity contribution in [3.05, 3.63) is 54.4 Å². The highest BCUT2D eigenvalue weighted by Crippen LogP contribution is 2.20. The summed E-state index contributed by atoms with van der Waals surface area (Å²) in [6.07, 6.45) is 4.03. The third-order valence-electron chi connectivity index (χ3n) is 3.62. The van der Waals surface area contributed by atoms with Crippen LogP contribution in [0.5, 0.6) is 5.75 Å². The normalized spacial score (nSPS) is 10.7. The summed E-state index contributed by atoms with van der Waals surface area (Å²) in [7, 11) is 1.93. The number of carbonyl (C=O) groups is 1. The Kier molecular flexibility index (Phi) is 4.28.